The lowest BCUT2D eigenvalue weighted by atomic mass is 10.1. The summed E-state index contributed by atoms with van der Waals surface area (Å²) in [7, 11) is 1.42. The Balaban J connectivity index is 2.07. The minimum absolute atomic E-state index is 0.0200. The van der Waals surface area contributed by atoms with Crippen LogP contribution in [0.2, 0.25) is 0 Å². The van der Waals surface area contributed by atoms with Crippen molar-refractivity contribution in [3.05, 3.63) is 64.0 Å². The Bertz CT molecular complexity index is 617. The number of nitro benzene ring substituents is 1. The van der Waals surface area contributed by atoms with Crippen molar-refractivity contribution >= 4 is 5.69 Å². The molecule has 0 aliphatic heterocycles. The molecule has 0 radical (unpaired) electrons. The smallest absolute Gasteiger partial charge is 0.311 e. The number of pyridine rings is 1. The van der Waals surface area contributed by atoms with Crippen molar-refractivity contribution in [1.29, 1.82) is 0 Å². The van der Waals surface area contributed by atoms with Gasteiger partial charge in [0, 0.05) is 31.0 Å². The van der Waals surface area contributed by atoms with Gasteiger partial charge >= 0.3 is 5.69 Å². The van der Waals surface area contributed by atoms with Crippen LogP contribution in [-0.2, 0) is 6.54 Å². The van der Waals surface area contributed by atoms with Crippen molar-refractivity contribution in [2.24, 2.45) is 0 Å². The van der Waals surface area contributed by atoms with E-state index in [0.29, 0.717) is 6.54 Å². The molecule has 110 valence electrons. The molecule has 0 saturated heterocycles. The highest BCUT2D eigenvalue weighted by Crippen LogP contribution is 2.27. The lowest BCUT2D eigenvalue weighted by molar-refractivity contribution is -0.385. The maximum Gasteiger partial charge on any atom is 0.311 e. The third-order valence-corrected chi connectivity index (χ3v) is 3.26. The number of hydrogen-bond acceptors (Lipinski definition) is 5. The Morgan fingerprint density at radius 1 is 1.33 bits per heavy atom. The fourth-order valence-corrected chi connectivity index (χ4v) is 2.03. The predicted molar refractivity (Wildman–Crippen MR) is 79.1 cm³/mol. The molecule has 6 nitrogen and oxygen atoms in total. The van der Waals surface area contributed by atoms with Gasteiger partial charge in [0.15, 0.2) is 5.75 Å². The van der Waals surface area contributed by atoms with Gasteiger partial charge in [-0.3, -0.25) is 15.1 Å². The summed E-state index contributed by atoms with van der Waals surface area (Å²) in [4.78, 5) is 14.5. The van der Waals surface area contributed by atoms with Crippen molar-refractivity contribution in [1.82, 2.24) is 10.3 Å². The molecule has 2 aromatic rings. The molecule has 0 bridgehead atoms. The summed E-state index contributed by atoms with van der Waals surface area (Å²) >= 11 is 0. The van der Waals surface area contributed by atoms with Gasteiger partial charge < -0.3 is 10.1 Å². The van der Waals surface area contributed by atoms with Crippen LogP contribution in [0.1, 0.15) is 24.1 Å². The largest absolute Gasteiger partial charge is 0.490 e. The summed E-state index contributed by atoms with van der Waals surface area (Å²) in [5.41, 5.74) is 1.93. The highest BCUT2D eigenvalue weighted by molar-refractivity contribution is 5.48. The van der Waals surface area contributed by atoms with Crippen molar-refractivity contribution in [3.63, 3.8) is 0 Å². The SMILES string of the molecule is COc1ccc(CNC(C)c2ccncc2)cc1[N+](=O)[O-]. The van der Waals surface area contributed by atoms with Crippen LogP contribution >= 0.6 is 0 Å². The van der Waals surface area contributed by atoms with Gasteiger partial charge in [-0.2, -0.15) is 0 Å². The minimum atomic E-state index is -0.436. The molecule has 1 unspecified atom stereocenters. The summed E-state index contributed by atoms with van der Waals surface area (Å²) in [6.07, 6.45) is 3.48. The van der Waals surface area contributed by atoms with E-state index in [4.69, 9.17) is 4.74 Å². The summed E-state index contributed by atoms with van der Waals surface area (Å²) in [5, 5.41) is 14.3. The average molecular weight is 287 g/mol. The quantitative estimate of drug-likeness (QED) is 0.653. The lowest BCUT2D eigenvalue weighted by Crippen LogP contribution is -2.18. The van der Waals surface area contributed by atoms with Crippen molar-refractivity contribution in [3.8, 4) is 5.75 Å². The number of hydrogen-bond donors (Lipinski definition) is 1. The molecule has 0 aliphatic rings. The van der Waals surface area contributed by atoms with E-state index in [1.54, 1.807) is 18.5 Å². The Kier molecular flexibility index (Phi) is 4.84. The topological polar surface area (TPSA) is 77.3 Å². The van der Waals surface area contributed by atoms with Crippen LogP contribution in [0.5, 0.6) is 5.75 Å². The first-order valence-electron chi connectivity index (χ1n) is 6.56. The third-order valence-electron chi connectivity index (χ3n) is 3.26. The zero-order chi connectivity index (χ0) is 15.2. The first-order valence-corrected chi connectivity index (χ1v) is 6.56. The number of nitrogens with zero attached hydrogens (tertiary/aromatic N) is 2. The standard InChI is InChI=1S/C15H17N3O3/c1-11(13-5-7-16-8-6-13)17-10-12-3-4-15(21-2)14(9-12)18(19)20/h3-9,11,17H,10H2,1-2H3. The van der Waals surface area contributed by atoms with E-state index in [1.807, 2.05) is 25.1 Å². The fourth-order valence-electron chi connectivity index (χ4n) is 2.03. The van der Waals surface area contributed by atoms with Gasteiger partial charge in [-0.15, -0.1) is 0 Å². The number of ether oxygens (including phenoxy) is 1. The Morgan fingerprint density at radius 2 is 2.05 bits per heavy atom. The zero-order valence-electron chi connectivity index (χ0n) is 11.9. The molecule has 0 aliphatic carbocycles. The number of nitro groups is 1. The summed E-state index contributed by atoms with van der Waals surface area (Å²) in [6, 6.07) is 8.98. The number of nitrogens with one attached hydrogen (secondary N) is 1. The molecule has 1 atom stereocenters. The van der Waals surface area contributed by atoms with Gasteiger partial charge in [-0.25, -0.2) is 0 Å². The summed E-state index contributed by atoms with van der Waals surface area (Å²) < 4.78 is 4.99. The fraction of sp³-hybridized carbons (Fsp3) is 0.267. The average Bonchev–Trinajstić information content (AvgIpc) is 2.53. The van der Waals surface area contributed by atoms with E-state index in [-0.39, 0.29) is 17.5 Å². The molecule has 1 aromatic heterocycles. The predicted octanol–water partition coefficient (Wildman–Crippen LogP) is 2.85. The highest BCUT2D eigenvalue weighted by Gasteiger charge is 2.15. The summed E-state index contributed by atoms with van der Waals surface area (Å²) in [6.45, 7) is 2.57. The normalized spacial score (nSPS) is 11.9. The van der Waals surface area contributed by atoms with Gasteiger partial charge in [0.25, 0.3) is 0 Å². The molecular weight excluding hydrogens is 270 g/mol. The molecule has 1 N–H and O–H groups in total. The van der Waals surface area contributed by atoms with Crippen molar-refractivity contribution < 1.29 is 9.66 Å². The molecule has 0 saturated carbocycles. The monoisotopic (exact) mass is 287 g/mol. The van der Waals surface area contributed by atoms with Crippen molar-refractivity contribution in [2.45, 2.75) is 19.5 Å². The van der Waals surface area contributed by atoms with Gasteiger partial charge in [0.1, 0.15) is 0 Å². The van der Waals surface area contributed by atoms with Crippen LogP contribution in [0.25, 0.3) is 0 Å². The van der Waals surface area contributed by atoms with Crippen molar-refractivity contribution in [2.75, 3.05) is 7.11 Å². The van der Waals surface area contributed by atoms with Gasteiger partial charge in [0.2, 0.25) is 0 Å². The number of rotatable bonds is 6. The second-order valence-electron chi connectivity index (χ2n) is 4.65. The van der Waals surface area contributed by atoms with Crippen LogP contribution in [-0.4, -0.2) is 17.0 Å². The van der Waals surface area contributed by atoms with Crippen LogP contribution in [0.4, 0.5) is 5.69 Å². The van der Waals surface area contributed by atoms with E-state index >= 15 is 0 Å². The van der Waals surface area contributed by atoms with Crippen LogP contribution in [0.15, 0.2) is 42.7 Å². The number of aromatic nitrogens is 1. The first-order chi connectivity index (χ1) is 10.1. The van der Waals surface area contributed by atoms with E-state index < -0.39 is 4.92 Å². The third kappa shape index (κ3) is 3.76. The molecule has 1 heterocycles. The molecule has 0 amide bonds. The second kappa shape index (κ2) is 6.81. The van der Waals surface area contributed by atoms with E-state index in [9.17, 15) is 10.1 Å². The molecule has 6 heteroatoms. The zero-order valence-corrected chi connectivity index (χ0v) is 11.9. The van der Waals surface area contributed by atoms with Crippen LogP contribution < -0.4 is 10.1 Å². The Morgan fingerprint density at radius 3 is 2.67 bits per heavy atom. The molecule has 2 rings (SSSR count). The Hall–Kier alpha value is -2.47. The maximum absolute atomic E-state index is 11.0. The van der Waals surface area contributed by atoms with E-state index in [2.05, 4.69) is 10.3 Å². The number of methoxy groups -OCH3 is 1. The van der Waals surface area contributed by atoms with E-state index in [1.165, 1.54) is 13.2 Å². The number of benzene rings is 1. The lowest BCUT2D eigenvalue weighted by Gasteiger charge is -2.14. The van der Waals surface area contributed by atoms with Crippen LogP contribution in [0.3, 0.4) is 0 Å². The first kappa shape index (κ1) is 14.9. The highest BCUT2D eigenvalue weighted by atomic mass is 16.6. The van der Waals surface area contributed by atoms with Gasteiger partial charge in [-0.1, -0.05) is 6.07 Å². The maximum atomic E-state index is 11.0. The molecule has 0 fully saturated rings. The van der Waals surface area contributed by atoms with Crippen LogP contribution in [0, 0.1) is 10.1 Å². The molecular formula is C15H17N3O3. The molecule has 1 aromatic carbocycles. The minimum Gasteiger partial charge on any atom is -0.490 e. The van der Waals surface area contributed by atoms with Gasteiger partial charge in [0.05, 0.1) is 12.0 Å². The van der Waals surface area contributed by atoms with Gasteiger partial charge in [-0.05, 0) is 36.2 Å². The molecule has 0 spiro atoms. The second-order valence-corrected chi connectivity index (χ2v) is 4.65. The Labute approximate surface area is 122 Å². The summed E-state index contributed by atoms with van der Waals surface area (Å²) in [5.74, 6) is 0.269. The molecule has 21 heavy (non-hydrogen) atoms. The van der Waals surface area contributed by atoms with E-state index in [0.717, 1.165) is 11.1 Å².